The van der Waals surface area contributed by atoms with Gasteiger partial charge in [0, 0.05) is 6.07 Å². The number of H-pyrrole nitrogens is 1. The van der Waals surface area contributed by atoms with Gasteiger partial charge in [-0.1, -0.05) is 12.1 Å². The molecule has 1 aliphatic rings. The minimum atomic E-state index is -1.16. The maximum absolute atomic E-state index is 12.0. The van der Waals surface area contributed by atoms with E-state index in [9.17, 15) is 9.59 Å². The van der Waals surface area contributed by atoms with Crippen molar-refractivity contribution in [3.8, 4) is 11.5 Å². The number of hydrogen-bond donors (Lipinski definition) is 3. The molecule has 0 aliphatic carbocycles. The monoisotopic (exact) mass is 289 g/mol. The van der Waals surface area contributed by atoms with E-state index in [0.717, 1.165) is 0 Å². The van der Waals surface area contributed by atoms with Crippen molar-refractivity contribution in [1.82, 2.24) is 10.2 Å². The molecule has 3 N–H and O–H groups in total. The van der Waals surface area contributed by atoms with Gasteiger partial charge in [0.1, 0.15) is 12.3 Å². The molecule has 3 rings (SSSR count). The van der Waals surface area contributed by atoms with Crippen LogP contribution in [0.5, 0.6) is 11.5 Å². The average molecular weight is 289 g/mol. The Labute approximate surface area is 118 Å². The molecule has 1 aromatic heterocycles. The van der Waals surface area contributed by atoms with Crippen molar-refractivity contribution in [2.75, 3.05) is 11.9 Å². The number of anilines is 1. The van der Waals surface area contributed by atoms with Gasteiger partial charge in [0.15, 0.2) is 17.3 Å². The highest BCUT2D eigenvalue weighted by molar-refractivity contribution is 5.95. The third-order valence-electron chi connectivity index (χ3n) is 2.86. The number of aromatic carboxylic acids is 1. The molecule has 1 amide bonds. The van der Waals surface area contributed by atoms with Crippen LogP contribution in [-0.4, -0.2) is 39.9 Å². The van der Waals surface area contributed by atoms with Crippen molar-refractivity contribution in [2.24, 2.45) is 0 Å². The van der Waals surface area contributed by atoms with Gasteiger partial charge in [-0.2, -0.15) is 5.10 Å². The molecule has 2 aromatic rings. The molecule has 0 saturated heterocycles. The first kappa shape index (κ1) is 13.0. The molecule has 0 spiro atoms. The fourth-order valence-electron chi connectivity index (χ4n) is 1.85. The number of nitrogens with zero attached hydrogens (tertiary/aromatic N) is 1. The number of aromatic amines is 1. The standard InChI is InChI=1S/C13H11N3O5/c17-12(14-11-5-7(13(18)19)15-16-11)10-6-20-8-3-1-2-4-9(8)21-10/h1-5,10H,6H2,(H,18,19)(H2,14,15,16,17). The summed E-state index contributed by atoms with van der Waals surface area (Å²) in [6, 6.07) is 8.25. The summed E-state index contributed by atoms with van der Waals surface area (Å²) in [4.78, 5) is 22.7. The minimum absolute atomic E-state index is 0.0685. The number of benzene rings is 1. The SMILES string of the molecule is O=C(O)c1cc(NC(=O)C2COc3ccccc3O2)n[nH]1. The number of para-hydroxylation sites is 2. The second-order valence-electron chi connectivity index (χ2n) is 4.33. The molecule has 1 unspecified atom stereocenters. The summed E-state index contributed by atoms with van der Waals surface area (Å²) in [5.74, 6) is -0.450. The number of carboxylic acids is 1. The van der Waals surface area contributed by atoms with Gasteiger partial charge in [-0.3, -0.25) is 9.89 Å². The van der Waals surface area contributed by atoms with Crippen LogP contribution in [0.4, 0.5) is 5.82 Å². The first-order chi connectivity index (χ1) is 10.1. The molecule has 8 nitrogen and oxygen atoms in total. The number of nitrogens with one attached hydrogen (secondary N) is 2. The van der Waals surface area contributed by atoms with Crippen LogP contribution in [0.1, 0.15) is 10.5 Å². The van der Waals surface area contributed by atoms with Crippen LogP contribution >= 0.6 is 0 Å². The van der Waals surface area contributed by atoms with E-state index >= 15 is 0 Å². The van der Waals surface area contributed by atoms with Crippen LogP contribution < -0.4 is 14.8 Å². The number of carbonyl (C=O) groups excluding carboxylic acids is 1. The molecule has 1 atom stereocenters. The Hall–Kier alpha value is -3.03. The molecule has 0 radical (unpaired) electrons. The molecule has 0 saturated carbocycles. The third kappa shape index (κ3) is 2.64. The average Bonchev–Trinajstić information content (AvgIpc) is 2.95. The van der Waals surface area contributed by atoms with Gasteiger partial charge in [0.05, 0.1) is 0 Å². The van der Waals surface area contributed by atoms with Crippen LogP contribution in [0.15, 0.2) is 30.3 Å². The van der Waals surface area contributed by atoms with Crippen molar-refractivity contribution in [3.63, 3.8) is 0 Å². The van der Waals surface area contributed by atoms with E-state index in [0.29, 0.717) is 11.5 Å². The number of carbonyl (C=O) groups is 2. The highest BCUT2D eigenvalue weighted by Crippen LogP contribution is 2.31. The zero-order valence-electron chi connectivity index (χ0n) is 10.7. The zero-order valence-corrected chi connectivity index (χ0v) is 10.7. The molecule has 21 heavy (non-hydrogen) atoms. The predicted octanol–water partition coefficient (Wildman–Crippen LogP) is 0.886. The summed E-state index contributed by atoms with van der Waals surface area (Å²) in [6.45, 7) is 0.0685. The maximum Gasteiger partial charge on any atom is 0.353 e. The number of hydrogen-bond acceptors (Lipinski definition) is 5. The largest absolute Gasteiger partial charge is 0.485 e. The van der Waals surface area contributed by atoms with Crippen molar-refractivity contribution in [3.05, 3.63) is 36.0 Å². The lowest BCUT2D eigenvalue weighted by molar-refractivity contribution is -0.125. The van der Waals surface area contributed by atoms with E-state index in [1.807, 2.05) is 0 Å². The van der Waals surface area contributed by atoms with Gasteiger partial charge < -0.3 is 19.9 Å². The quantitative estimate of drug-likeness (QED) is 0.773. The van der Waals surface area contributed by atoms with E-state index in [1.165, 1.54) is 6.07 Å². The van der Waals surface area contributed by atoms with Crippen LogP contribution in [0.2, 0.25) is 0 Å². The highest BCUT2D eigenvalue weighted by Gasteiger charge is 2.27. The van der Waals surface area contributed by atoms with E-state index in [2.05, 4.69) is 15.5 Å². The molecular weight excluding hydrogens is 278 g/mol. The molecule has 0 fully saturated rings. The van der Waals surface area contributed by atoms with Gasteiger partial charge in [0.25, 0.3) is 5.91 Å². The number of fused-ring (bicyclic) bond motifs is 1. The normalized spacial score (nSPS) is 16.3. The van der Waals surface area contributed by atoms with E-state index < -0.39 is 18.0 Å². The zero-order chi connectivity index (χ0) is 14.8. The van der Waals surface area contributed by atoms with Crippen LogP contribution in [0.25, 0.3) is 0 Å². The maximum atomic E-state index is 12.0. The van der Waals surface area contributed by atoms with Crippen LogP contribution in [-0.2, 0) is 4.79 Å². The first-order valence-corrected chi connectivity index (χ1v) is 6.11. The van der Waals surface area contributed by atoms with Gasteiger partial charge in [-0.15, -0.1) is 0 Å². The number of aromatic nitrogens is 2. The summed E-state index contributed by atoms with van der Waals surface area (Å²) >= 11 is 0. The van der Waals surface area contributed by atoms with Crippen molar-refractivity contribution in [2.45, 2.75) is 6.10 Å². The molecule has 0 bridgehead atoms. The fraction of sp³-hybridized carbons (Fsp3) is 0.154. The molecule has 1 aromatic carbocycles. The summed E-state index contributed by atoms with van der Waals surface area (Å²) < 4.78 is 11.0. The second-order valence-corrected chi connectivity index (χ2v) is 4.33. The van der Waals surface area contributed by atoms with E-state index in [-0.39, 0.29) is 18.1 Å². The van der Waals surface area contributed by atoms with Crippen molar-refractivity contribution < 1.29 is 24.2 Å². The summed E-state index contributed by atoms with van der Waals surface area (Å²) in [5, 5.41) is 17.2. The van der Waals surface area contributed by atoms with E-state index in [4.69, 9.17) is 14.6 Å². The van der Waals surface area contributed by atoms with E-state index in [1.54, 1.807) is 24.3 Å². The highest BCUT2D eigenvalue weighted by atomic mass is 16.6. The van der Waals surface area contributed by atoms with Gasteiger partial charge in [0.2, 0.25) is 6.10 Å². The third-order valence-corrected chi connectivity index (χ3v) is 2.86. The number of rotatable bonds is 3. The molecule has 2 heterocycles. The lowest BCUT2D eigenvalue weighted by Gasteiger charge is -2.25. The van der Waals surface area contributed by atoms with Crippen molar-refractivity contribution >= 4 is 17.7 Å². The molecule has 8 heteroatoms. The lowest BCUT2D eigenvalue weighted by Crippen LogP contribution is -2.40. The summed E-state index contributed by atoms with van der Waals surface area (Å²) in [7, 11) is 0. The Kier molecular flexibility index (Phi) is 3.19. The Morgan fingerprint density at radius 2 is 2.10 bits per heavy atom. The second kappa shape index (κ2) is 5.16. The predicted molar refractivity (Wildman–Crippen MR) is 70.5 cm³/mol. The Balaban J connectivity index is 1.67. The summed E-state index contributed by atoms with van der Waals surface area (Å²) in [5.41, 5.74) is -0.114. The molecule has 108 valence electrons. The Morgan fingerprint density at radius 1 is 1.33 bits per heavy atom. The van der Waals surface area contributed by atoms with Crippen molar-refractivity contribution in [1.29, 1.82) is 0 Å². The lowest BCUT2D eigenvalue weighted by atomic mass is 10.2. The minimum Gasteiger partial charge on any atom is -0.485 e. The first-order valence-electron chi connectivity index (χ1n) is 6.11. The van der Waals surface area contributed by atoms with Crippen LogP contribution in [0, 0.1) is 0 Å². The van der Waals surface area contributed by atoms with Gasteiger partial charge in [-0.25, -0.2) is 4.79 Å². The number of amides is 1. The summed E-state index contributed by atoms with van der Waals surface area (Å²) in [6.07, 6.45) is -0.829. The fourth-order valence-corrected chi connectivity index (χ4v) is 1.85. The smallest absolute Gasteiger partial charge is 0.353 e. The molecular formula is C13H11N3O5. The van der Waals surface area contributed by atoms with Gasteiger partial charge >= 0.3 is 5.97 Å². The number of carboxylic acid groups (broad SMARTS) is 1. The Morgan fingerprint density at radius 3 is 2.81 bits per heavy atom. The topological polar surface area (TPSA) is 114 Å². The molecule has 1 aliphatic heterocycles. The Bertz CT molecular complexity index is 697. The van der Waals surface area contributed by atoms with Crippen LogP contribution in [0.3, 0.4) is 0 Å². The van der Waals surface area contributed by atoms with Gasteiger partial charge in [-0.05, 0) is 12.1 Å². The number of ether oxygens (including phenoxy) is 2.